The highest BCUT2D eigenvalue weighted by molar-refractivity contribution is 5.44. The summed E-state index contributed by atoms with van der Waals surface area (Å²) in [6, 6.07) is 11.5. The predicted molar refractivity (Wildman–Crippen MR) is 119 cm³/mol. The highest BCUT2D eigenvalue weighted by Gasteiger charge is 2.12. The van der Waals surface area contributed by atoms with Gasteiger partial charge in [0.25, 0.3) is 5.56 Å². The first-order valence-corrected chi connectivity index (χ1v) is 10.6. The summed E-state index contributed by atoms with van der Waals surface area (Å²) in [5.41, 5.74) is 3.43. The lowest BCUT2D eigenvalue weighted by atomic mass is 10.1. The third-order valence-corrected chi connectivity index (χ3v) is 4.84. The Hall–Kier alpha value is -2.86. The molecule has 0 spiro atoms. The van der Waals surface area contributed by atoms with Gasteiger partial charge in [0.05, 0.1) is 18.9 Å². The molecular weight excluding hydrogens is 378 g/mol. The van der Waals surface area contributed by atoms with Gasteiger partial charge in [-0.2, -0.15) is 0 Å². The number of pyridine rings is 1. The number of rotatable bonds is 10. The Morgan fingerprint density at radius 1 is 1.03 bits per heavy atom. The van der Waals surface area contributed by atoms with Gasteiger partial charge in [0.2, 0.25) is 0 Å². The van der Waals surface area contributed by atoms with E-state index in [1.165, 1.54) is 0 Å². The van der Waals surface area contributed by atoms with Gasteiger partial charge in [-0.15, -0.1) is 0 Å². The Labute approximate surface area is 177 Å². The number of hydrogen-bond acceptors (Lipinski definition) is 5. The van der Waals surface area contributed by atoms with Crippen molar-refractivity contribution in [2.24, 2.45) is 0 Å². The van der Waals surface area contributed by atoms with Crippen LogP contribution in [0.5, 0.6) is 11.5 Å². The number of nitrogens with zero attached hydrogens (tertiary/aromatic N) is 2. The molecule has 2 heterocycles. The maximum absolute atomic E-state index is 12.4. The molecule has 6 nitrogen and oxygen atoms in total. The molecule has 0 saturated carbocycles. The van der Waals surface area contributed by atoms with Gasteiger partial charge in [-0.1, -0.05) is 26.0 Å². The predicted octanol–water partition coefficient (Wildman–Crippen LogP) is 4.43. The van der Waals surface area contributed by atoms with Crippen LogP contribution in [0.15, 0.2) is 47.4 Å². The average molecular weight is 410 g/mol. The van der Waals surface area contributed by atoms with Crippen molar-refractivity contribution in [3.63, 3.8) is 0 Å². The van der Waals surface area contributed by atoms with Crippen molar-refractivity contribution in [3.8, 4) is 11.5 Å². The first-order chi connectivity index (χ1) is 14.5. The van der Waals surface area contributed by atoms with Gasteiger partial charge in [-0.3, -0.25) is 9.20 Å². The second-order valence-electron chi connectivity index (χ2n) is 7.53. The molecule has 0 aliphatic heterocycles. The molecule has 0 radical (unpaired) electrons. The Bertz CT molecular complexity index is 1050. The summed E-state index contributed by atoms with van der Waals surface area (Å²) < 4.78 is 13.3. The third-order valence-electron chi connectivity index (χ3n) is 4.84. The average Bonchev–Trinajstić information content (AvgIpc) is 2.75. The van der Waals surface area contributed by atoms with E-state index in [1.54, 1.807) is 10.5 Å². The SMILES string of the molecule is CCCOc1ccc(C(C)NCc2cc(=O)n3cc(C)ccc3n2)cc1OCCC. The van der Waals surface area contributed by atoms with Crippen LogP contribution in [0.2, 0.25) is 0 Å². The van der Waals surface area contributed by atoms with E-state index in [1.807, 2.05) is 43.5 Å². The molecule has 2 aromatic heterocycles. The second-order valence-corrected chi connectivity index (χ2v) is 7.53. The molecule has 0 fully saturated rings. The second kappa shape index (κ2) is 10.3. The molecule has 3 aromatic rings. The normalized spacial score (nSPS) is 12.1. The van der Waals surface area contributed by atoms with Crippen molar-refractivity contribution in [1.82, 2.24) is 14.7 Å². The Morgan fingerprint density at radius 3 is 2.50 bits per heavy atom. The summed E-state index contributed by atoms with van der Waals surface area (Å²) in [5.74, 6) is 1.55. The van der Waals surface area contributed by atoms with Crippen molar-refractivity contribution in [2.75, 3.05) is 13.2 Å². The quantitative estimate of drug-likeness (QED) is 0.537. The number of aryl methyl sites for hydroxylation is 1. The van der Waals surface area contributed by atoms with Gasteiger partial charge in [-0.05, 0) is 56.0 Å². The number of ether oxygens (including phenoxy) is 2. The Morgan fingerprint density at radius 2 is 1.77 bits per heavy atom. The number of aromatic nitrogens is 2. The van der Waals surface area contributed by atoms with Crippen LogP contribution in [-0.2, 0) is 6.54 Å². The minimum atomic E-state index is -0.0687. The number of benzene rings is 1. The number of hydrogen-bond donors (Lipinski definition) is 1. The molecular formula is C24H31N3O3. The van der Waals surface area contributed by atoms with Crippen molar-refractivity contribution >= 4 is 5.65 Å². The van der Waals surface area contributed by atoms with E-state index in [0.717, 1.165) is 41.2 Å². The first kappa shape index (κ1) is 21.8. The summed E-state index contributed by atoms with van der Waals surface area (Å²) in [4.78, 5) is 17.0. The summed E-state index contributed by atoms with van der Waals surface area (Å²) >= 11 is 0. The van der Waals surface area contributed by atoms with Gasteiger partial charge in [-0.25, -0.2) is 4.98 Å². The molecule has 1 unspecified atom stereocenters. The van der Waals surface area contributed by atoms with Crippen LogP contribution in [0, 0.1) is 6.92 Å². The zero-order valence-corrected chi connectivity index (χ0v) is 18.3. The fourth-order valence-electron chi connectivity index (χ4n) is 3.17. The highest BCUT2D eigenvalue weighted by Crippen LogP contribution is 2.31. The largest absolute Gasteiger partial charge is 0.490 e. The van der Waals surface area contributed by atoms with Crippen molar-refractivity contribution in [2.45, 2.75) is 53.1 Å². The fourth-order valence-corrected chi connectivity index (χ4v) is 3.17. The highest BCUT2D eigenvalue weighted by atomic mass is 16.5. The molecule has 1 atom stereocenters. The summed E-state index contributed by atoms with van der Waals surface area (Å²) in [6.07, 6.45) is 3.70. The van der Waals surface area contributed by atoms with Crippen LogP contribution in [-0.4, -0.2) is 22.6 Å². The molecule has 0 aliphatic carbocycles. The maximum Gasteiger partial charge on any atom is 0.258 e. The molecule has 1 N–H and O–H groups in total. The lowest BCUT2D eigenvalue weighted by molar-refractivity contribution is 0.268. The van der Waals surface area contributed by atoms with E-state index >= 15 is 0 Å². The number of fused-ring (bicyclic) bond motifs is 1. The minimum Gasteiger partial charge on any atom is -0.490 e. The maximum atomic E-state index is 12.4. The lowest BCUT2D eigenvalue weighted by Crippen LogP contribution is -2.22. The molecule has 160 valence electrons. The topological polar surface area (TPSA) is 64.9 Å². The zero-order chi connectivity index (χ0) is 21.5. The van der Waals surface area contributed by atoms with E-state index in [9.17, 15) is 4.79 Å². The molecule has 1 aromatic carbocycles. The van der Waals surface area contributed by atoms with Crippen LogP contribution in [0.4, 0.5) is 0 Å². The molecule has 3 rings (SSSR count). The number of nitrogens with one attached hydrogen (secondary N) is 1. The lowest BCUT2D eigenvalue weighted by Gasteiger charge is -2.18. The van der Waals surface area contributed by atoms with E-state index in [2.05, 4.69) is 31.1 Å². The first-order valence-electron chi connectivity index (χ1n) is 10.6. The zero-order valence-electron chi connectivity index (χ0n) is 18.3. The minimum absolute atomic E-state index is 0.0625. The molecule has 30 heavy (non-hydrogen) atoms. The van der Waals surface area contributed by atoms with E-state index in [4.69, 9.17) is 9.47 Å². The van der Waals surface area contributed by atoms with Crippen LogP contribution < -0.4 is 20.3 Å². The van der Waals surface area contributed by atoms with Gasteiger partial charge in [0.1, 0.15) is 5.65 Å². The summed E-state index contributed by atoms with van der Waals surface area (Å²) in [5, 5.41) is 3.46. The molecule has 0 amide bonds. The van der Waals surface area contributed by atoms with Crippen molar-refractivity contribution in [1.29, 1.82) is 0 Å². The smallest absolute Gasteiger partial charge is 0.258 e. The molecule has 0 saturated heterocycles. The molecule has 0 aliphatic rings. The molecule has 0 bridgehead atoms. The van der Waals surface area contributed by atoms with Crippen LogP contribution in [0.25, 0.3) is 5.65 Å². The van der Waals surface area contributed by atoms with Gasteiger partial charge in [0, 0.05) is 24.8 Å². The standard InChI is InChI=1S/C24H31N3O3/c1-5-11-29-21-9-8-19(13-22(21)30-12-6-2)18(4)25-15-20-14-24(28)27-16-17(3)7-10-23(27)26-20/h7-10,13-14,16,18,25H,5-6,11-12,15H2,1-4H3. The van der Waals surface area contributed by atoms with Gasteiger partial charge < -0.3 is 14.8 Å². The van der Waals surface area contributed by atoms with Gasteiger partial charge >= 0.3 is 0 Å². The van der Waals surface area contributed by atoms with Crippen molar-refractivity contribution < 1.29 is 9.47 Å². The Balaban J connectivity index is 1.73. The summed E-state index contributed by atoms with van der Waals surface area (Å²) in [6.45, 7) is 10.0. The monoisotopic (exact) mass is 409 g/mol. The van der Waals surface area contributed by atoms with Crippen LogP contribution >= 0.6 is 0 Å². The summed E-state index contributed by atoms with van der Waals surface area (Å²) in [7, 11) is 0. The fraction of sp³-hybridized carbons (Fsp3) is 0.417. The van der Waals surface area contributed by atoms with Crippen LogP contribution in [0.1, 0.15) is 56.5 Å². The Kier molecular flexibility index (Phi) is 7.46. The van der Waals surface area contributed by atoms with Crippen LogP contribution in [0.3, 0.4) is 0 Å². The van der Waals surface area contributed by atoms with E-state index in [0.29, 0.717) is 25.4 Å². The third kappa shape index (κ3) is 5.39. The van der Waals surface area contributed by atoms with Crippen molar-refractivity contribution in [3.05, 3.63) is 69.8 Å². The van der Waals surface area contributed by atoms with Gasteiger partial charge in [0.15, 0.2) is 11.5 Å². The van der Waals surface area contributed by atoms with E-state index in [-0.39, 0.29) is 11.6 Å². The van der Waals surface area contributed by atoms with E-state index < -0.39 is 0 Å². The molecule has 6 heteroatoms.